The molecule has 0 amide bonds. The average Bonchev–Trinajstić information content (AvgIpc) is 2.13. The zero-order chi connectivity index (χ0) is 13.1. The first-order valence-corrected chi connectivity index (χ1v) is 6.49. The molecule has 1 unspecified atom stereocenters. The van der Waals surface area contributed by atoms with Crippen molar-refractivity contribution in [2.75, 3.05) is 13.1 Å². The topological polar surface area (TPSA) is 57.6 Å². The molecule has 0 aliphatic rings. The maximum Gasteiger partial charge on any atom is 0.234 e. The highest BCUT2D eigenvalue weighted by atomic mass is 32.2. The van der Waals surface area contributed by atoms with Crippen molar-refractivity contribution in [3.63, 3.8) is 0 Å². The van der Waals surface area contributed by atoms with E-state index in [4.69, 9.17) is 4.55 Å². The molecule has 0 aliphatic carbocycles. The number of ketones is 1. The van der Waals surface area contributed by atoms with Gasteiger partial charge in [-0.25, -0.2) is 8.51 Å². The van der Waals surface area contributed by atoms with Crippen LogP contribution in [0.2, 0.25) is 0 Å². The Balaban J connectivity index is 4.93. The van der Waals surface area contributed by atoms with Crippen molar-refractivity contribution in [3.05, 3.63) is 0 Å². The minimum Gasteiger partial charge on any atom is -0.299 e. The molecule has 0 fully saturated rings. The lowest BCUT2D eigenvalue weighted by molar-refractivity contribution is -0.131. The van der Waals surface area contributed by atoms with Crippen molar-refractivity contribution >= 4 is 17.0 Å². The van der Waals surface area contributed by atoms with Gasteiger partial charge in [-0.2, -0.15) is 0 Å². The van der Waals surface area contributed by atoms with Gasteiger partial charge in [0.2, 0.25) is 11.3 Å². The Morgan fingerprint density at radius 1 is 1.31 bits per heavy atom. The Hall–Kier alpha value is -0.260. The fraction of sp³-hybridized carbons (Fsp3) is 0.909. The number of carbonyl (C=O) groups is 1. The smallest absolute Gasteiger partial charge is 0.234 e. The molecule has 0 heterocycles. The highest BCUT2D eigenvalue weighted by molar-refractivity contribution is 7.76. The van der Waals surface area contributed by atoms with E-state index in [0.29, 0.717) is 13.1 Å². The van der Waals surface area contributed by atoms with Crippen molar-refractivity contribution in [3.8, 4) is 0 Å². The largest absolute Gasteiger partial charge is 0.299 e. The quantitative estimate of drug-likeness (QED) is 0.733. The normalized spacial score (nSPS) is 15.2. The van der Waals surface area contributed by atoms with Crippen molar-refractivity contribution in [1.82, 2.24) is 4.31 Å². The summed E-state index contributed by atoms with van der Waals surface area (Å²) in [6.45, 7) is 11.9. The van der Waals surface area contributed by atoms with Crippen LogP contribution in [-0.4, -0.2) is 31.9 Å². The van der Waals surface area contributed by atoms with E-state index in [1.165, 1.54) is 4.31 Å². The third-order valence-corrected chi connectivity index (χ3v) is 4.55. The molecule has 0 radical (unpaired) electrons. The summed E-state index contributed by atoms with van der Waals surface area (Å²) in [5.74, 6) is 0.0947. The van der Waals surface area contributed by atoms with Gasteiger partial charge in [0, 0.05) is 18.5 Å². The Morgan fingerprint density at radius 2 is 1.75 bits per heavy atom. The minimum absolute atomic E-state index is 0.0947. The second kappa shape index (κ2) is 5.38. The Bertz CT molecular complexity index is 287. The summed E-state index contributed by atoms with van der Waals surface area (Å²) < 4.78 is 21.6. The number of nitrogens with zero attached hydrogens (tertiary/aromatic N) is 1. The summed E-state index contributed by atoms with van der Waals surface area (Å²) in [5, 5.41) is 0. The van der Waals surface area contributed by atoms with Crippen LogP contribution < -0.4 is 0 Å². The van der Waals surface area contributed by atoms with Crippen molar-refractivity contribution < 1.29 is 13.6 Å². The monoisotopic (exact) mass is 249 g/mol. The van der Waals surface area contributed by atoms with Crippen LogP contribution in [0, 0.1) is 10.8 Å². The average molecular weight is 249 g/mol. The summed E-state index contributed by atoms with van der Waals surface area (Å²) in [6, 6.07) is 0. The molecule has 96 valence electrons. The second-order valence-electron chi connectivity index (χ2n) is 5.25. The zero-order valence-corrected chi connectivity index (χ0v) is 11.8. The lowest BCUT2D eigenvalue weighted by Gasteiger charge is -2.41. The van der Waals surface area contributed by atoms with Gasteiger partial charge in [0.25, 0.3) is 0 Å². The van der Waals surface area contributed by atoms with E-state index >= 15 is 0 Å². The molecule has 1 N–H and O–H groups in total. The molecule has 1 atom stereocenters. The number of carbonyl (C=O) groups excluding carboxylic acids is 1. The van der Waals surface area contributed by atoms with E-state index in [1.54, 1.807) is 6.92 Å². The van der Waals surface area contributed by atoms with Crippen molar-refractivity contribution in [2.24, 2.45) is 10.8 Å². The molecule has 0 aromatic carbocycles. The van der Waals surface area contributed by atoms with Gasteiger partial charge in [-0.1, -0.05) is 34.6 Å². The van der Waals surface area contributed by atoms with Crippen LogP contribution in [0.4, 0.5) is 0 Å². The predicted molar refractivity (Wildman–Crippen MR) is 66.3 cm³/mol. The van der Waals surface area contributed by atoms with Crippen LogP contribution in [0.3, 0.4) is 0 Å². The molecule has 0 saturated carbocycles. The molecule has 0 aromatic rings. The van der Waals surface area contributed by atoms with Crippen LogP contribution in [0.15, 0.2) is 0 Å². The third kappa shape index (κ3) is 3.37. The predicted octanol–water partition coefficient (Wildman–Crippen LogP) is 2.09. The fourth-order valence-electron chi connectivity index (χ4n) is 1.39. The molecular formula is C11H23NO3S. The van der Waals surface area contributed by atoms with Gasteiger partial charge < -0.3 is 0 Å². The molecule has 0 saturated heterocycles. The molecular weight excluding hydrogens is 226 g/mol. The van der Waals surface area contributed by atoms with E-state index in [-0.39, 0.29) is 11.2 Å². The lowest BCUT2D eigenvalue weighted by Crippen LogP contribution is -2.46. The molecule has 0 aromatic heterocycles. The first-order valence-electron chi connectivity index (χ1n) is 5.43. The third-order valence-electron chi connectivity index (χ3n) is 3.72. The van der Waals surface area contributed by atoms with Gasteiger partial charge in [0.05, 0.1) is 0 Å². The van der Waals surface area contributed by atoms with Crippen LogP contribution in [-0.2, 0) is 16.1 Å². The van der Waals surface area contributed by atoms with E-state index in [9.17, 15) is 9.00 Å². The van der Waals surface area contributed by atoms with E-state index in [2.05, 4.69) is 0 Å². The van der Waals surface area contributed by atoms with E-state index in [1.807, 2.05) is 34.6 Å². The molecule has 0 bridgehead atoms. The van der Waals surface area contributed by atoms with Gasteiger partial charge in [-0.15, -0.1) is 0 Å². The highest BCUT2D eigenvalue weighted by Gasteiger charge is 2.42. The summed E-state index contributed by atoms with van der Waals surface area (Å²) in [5.41, 5.74) is -0.868. The maximum atomic E-state index is 11.6. The SMILES string of the molecule is CCN(CC(C)(C)C(C)(C)C(C)=O)S(=O)O. The fourth-order valence-corrected chi connectivity index (χ4v) is 2.05. The first-order chi connectivity index (χ1) is 7.06. The second-order valence-corrected chi connectivity index (χ2v) is 6.23. The van der Waals surface area contributed by atoms with Crippen molar-refractivity contribution in [2.45, 2.75) is 41.5 Å². The van der Waals surface area contributed by atoms with Gasteiger partial charge >= 0.3 is 0 Å². The number of rotatable bonds is 6. The lowest BCUT2D eigenvalue weighted by atomic mass is 9.66. The molecule has 5 heteroatoms. The first kappa shape index (κ1) is 15.7. The summed E-state index contributed by atoms with van der Waals surface area (Å²) in [4.78, 5) is 11.6. The summed E-state index contributed by atoms with van der Waals surface area (Å²) in [7, 11) is 0. The van der Waals surface area contributed by atoms with Crippen LogP contribution in [0.25, 0.3) is 0 Å². The Kier molecular flexibility index (Phi) is 5.29. The summed E-state index contributed by atoms with van der Waals surface area (Å²) in [6.07, 6.45) is 0. The van der Waals surface area contributed by atoms with E-state index < -0.39 is 16.7 Å². The molecule has 0 aliphatic heterocycles. The zero-order valence-electron chi connectivity index (χ0n) is 11.0. The highest BCUT2D eigenvalue weighted by Crippen LogP contribution is 2.39. The Labute approximate surface area is 101 Å². The number of hydrogen-bond donors (Lipinski definition) is 1. The summed E-state index contributed by atoms with van der Waals surface area (Å²) >= 11 is -1.98. The van der Waals surface area contributed by atoms with Crippen LogP contribution in [0.5, 0.6) is 0 Å². The molecule has 4 nitrogen and oxygen atoms in total. The molecule has 16 heavy (non-hydrogen) atoms. The number of Topliss-reactive ketones (excluding diaryl/α,β-unsaturated/α-hetero) is 1. The van der Waals surface area contributed by atoms with Crippen LogP contribution in [0.1, 0.15) is 41.5 Å². The maximum absolute atomic E-state index is 11.6. The standard InChI is InChI=1S/C11H23NO3S/c1-7-12(16(14)15)8-10(3,4)11(5,6)9(2)13/h7-8H2,1-6H3,(H,14,15). The minimum atomic E-state index is -1.98. The van der Waals surface area contributed by atoms with Gasteiger partial charge in [-0.05, 0) is 12.3 Å². The molecule has 0 rings (SSSR count). The Morgan fingerprint density at radius 3 is 2.00 bits per heavy atom. The van der Waals surface area contributed by atoms with E-state index in [0.717, 1.165) is 0 Å². The van der Waals surface area contributed by atoms with Gasteiger partial charge in [0.1, 0.15) is 5.78 Å². The van der Waals surface area contributed by atoms with Gasteiger partial charge in [0.15, 0.2) is 0 Å². The molecule has 0 spiro atoms. The number of hydrogen-bond acceptors (Lipinski definition) is 2. The van der Waals surface area contributed by atoms with Crippen molar-refractivity contribution in [1.29, 1.82) is 0 Å². The van der Waals surface area contributed by atoms with Crippen LogP contribution >= 0.6 is 0 Å². The van der Waals surface area contributed by atoms with Gasteiger partial charge in [-0.3, -0.25) is 9.35 Å².